The first-order chi connectivity index (χ1) is 22.3. The summed E-state index contributed by atoms with van der Waals surface area (Å²) in [5.41, 5.74) is 14.6. The van der Waals surface area contributed by atoms with Gasteiger partial charge in [0.1, 0.15) is 5.82 Å². The van der Waals surface area contributed by atoms with Gasteiger partial charge in [0, 0.05) is 17.3 Å². The zero-order chi connectivity index (χ0) is 30.6. The minimum Gasteiger partial charge on any atom is -0.294 e. The van der Waals surface area contributed by atoms with Crippen molar-refractivity contribution in [1.29, 1.82) is 0 Å². The molecule has 0 atom stereocenters. The van der Waals surface area contributed by atoms with Crippen LogP contribution in [0.15, 0.2) is 158 Å². The van der Waals surface area contributed by atoms with Gasteiger partial charge in [0.05, 0.1) is 11.4 Å². The lowest BCUT2D eigenvalue weighted by Crippen LogP contribution is -2.12. The summed E-state index contributed by atoms with van der Waals surface area (Å²) in [6.07, 6.45) is 10.8. The van der Waals surface area contributed by atoms with Crippen LogP contribution in [0.4, 0.5) is 17.2 Å². The van der Waals surface area contributed by atoms with Gasteiger partial charge in [0.2, 0.25) is 0 Å². The van der Waals surface area contributed by atoms with Gasteiger partial charge >= 0.3 is 0 Å². The molecule has 45 heavy (non-hydrogen) atoms. The zero-order valence-corrected chi connectivity index (χ0v) is 25.8. The maximum atomic E-state index is 4.99. The van der Waals surface area contributed by atoms with E-state index >= 15 is 0 Å². The van der Waals surface area contributed by atoms with E-state index in [4.69, 9.17) is 4.98 Å². The molecule has 0 N–H and O–H groups in total. The van der Waals surface area contributed by atoms with Gasteiger partial charge in [-0.2, -0.15) is 0 Å². The number of allylic oxidation sites excluding steroid dienone is 4. The Balaban J connectivity index is 0.00000160. The van der Waals surface area contributed by atoms with E-state index in [9.17, 15) is 0 Å². The fourth-order valence-electron chi connectivity index (χ4n) is 6.46. The van der Waals surface area contributed by atoms with Gasteiger partial charge < -0.3 is 0 Å². The van der Waals surface area contributed by atoms with Crippen LogP contribution in [0.5, 0.6) is 0 Å². The molecule has 1 aromatic heterocycles. The van der Waals surface area contributed by atoms with Crippen LogP contribution in [0.2, 0.25) is 0 Å². The summed E-state index contributed by atoms with van der Waals surface area (Å²) >= 11 is 0. The number of hydrogen-bond donors (Lipinski definition) is 0. The number of hydrogen-bond acceptors (Lipinski definition) is 2. The van der Waals surface area contributed by atoms with Crippen molar-refractivity contribution in [3.05, 3.63) is 163 Å². The maximum Gasteiger partial charge on any atom is 0.138 e. The lowest BCUT2D eigenvalue weighted by atomic mass is 9.90. The van der Waals surface area contributed by atoms with Crippen LogP contribution in [-0.2, 0) is 0 Å². The minimum atomic E-state index is 0.900. The zero-order valence-electron chi connectivity index (χ0n) is 25.8. The van der Waals surface area contributed by atoms with Gasteiger partial charge in [0.25, 0.3) is 0 Å². The third-order valence-corrected chi connectivity index (χ3v) is 8.53. The molecule has 5 aromatic carbocycles. The van der Waals surface area contributed by atoms with E-state index in [2.05, 4.69) is 157 Å². The summed E-state index contributed by atoms with van der Waals surface area (Å²) in [5.74, 6) is 0.900. The van der Waals surface area contributed by atoms with Crippen molar-refractivity contribution in [1.82, 2.24) is 4.98 Å². The first kappa shape index (κ1) is 28.3. The van der Waals surface area contributed by atoms with Crippen LogP contribution in [-0.4, -0.2) is 4.98 Å². The van der Waals surface area contributed by atoms with E-state index < -0.39 is 0 Å². The molecule has 2 nitrogen and oxygen atoms in total. The average molecular weight is 581 g/mol. The highest BCUT2D eigenvalue weighted by molar-refractivity contribution is 6.02. The van der Waals surface area contributed by atoms with Crippen molar-refractivity contribution < 1.29 is 0 Å². The van der Waals surface area contributed by atoms with E-state index in [0.29, 0.717) is 0 Å². The summed E-state index contributed by atoms with van der Waals surface area (Å²) in [5, 5.41) is 0. The molecule has 0 spiro atoms. The highest BCUT2D eigenvalue weighted by Gasteiger charge is 2.26. The summed E-state index contributed by atoms with van der Waals surface area (Å²) in [4.78, 5) is 7.31. The summed E-state index contributed by atoms with van der Waals surface area (Å²) < 4.78 is 0. The molecule has 0 bridgehead atoms. The normalized spacial score (nSPS) is 12.9. The van der Waals surface area contributed by atoms with Crippen molar-refractivity contribution >= 4 is 22.8 Å². The van der Waals surface area contributed by atoms with Crippen LogP contribution in [0.1, 0.15) is 32.3 Å². The molecule has 2 heterocycles. The lowest BCUT2D eigenvalue weighted by Gasteiger charge is -2.26. The molecule has 0 saturated heterocycles. The Kier molecular flexibility index (Phi) is 7.95. The highest BCUT2D eigenvalue weighted by Crippen LogP contribution is 2.50. The molecule has 0 unspecified atom stereocenters. The standard InChI is InChI=1S/C41H30N2.C2H6/c1-3-13-29(14-4-1)32-25-33(30-15-5-2-6-16-30)27-34(26-32)31-23-24-42-41(28-31)43-39-21-11-9-19-37(39)35-17-7-8-18-36(35)38-20-10-12-22-40(38)43;1-2/h1-5,7-15,17-28H,6,16H2;1-2H3. The van der Waals surface area contributed by atoms with Crippen LogP contribution < -0.4 is 4.90 Å². The maximum absolute atomic E-state index is 4.99. The second kappa shape index (κ2) is 12.6. The van der Waals surface area contributed by atoms with E-state index in [1.54, 1.807) is 0 Å². The van der Waals surface area contributed by atoms with Crippen LogP contribution in [0, 0.1) is 0 Å². The van der Waals surface area contributed by atoms with Crippen molar-refractivity contribution in [2.45, 2.75) is 26.7 Å². The molecule has 0 amide bonds. The van der Waals surface area contributed by atoms with E-state index in [1.807, 2.05) is 20.0 Å². The molecule has 8 rings (SSSR count). The Bertz CT molecular complexity index is 1970. The van der Waals surface area contributed by atoms with Gasteiger partial charge in [-0.25, -0.2) is 4.98 Å². The van der Waals surface area contributed by atoms with Gasteiger partial charge in [-0.15, -0.1) is 0 Å². The molecule has 0 fully saturated rings. The molecule has 1 aliphatic carbocycles. The van der Waals surface area contributed by atoms with Crippen molar-refractivity contribution in [3.8, 4) is 44.5 Å². The van der Waals surface area contributed by atoms with E-state index in [0.717, 1.165) is 35.6 Å². The second-order valence-electron chi connectivity index (χ2n) is 11.1. The first-order valence-electron chi connectivity index (χ1n) is 15.9. The monoisotopic (exact) mass is 580 g/mol. The smallest absolute Gasteiger partial charge is 0.138 e. The third kappa shape index (κ3) is 5.41. The molecule has 0 saturated carbocycles. The van der Waals surface area contributed by atoms with Gasteiger partial charge in [-0.3, -0.25) is 4.90 Å². The van der Waals surface area contributed by atoms with Crippen molar-refractivity contribution in [2.24, 2.45) is 0 Å². The number of para-hydroxylation sites is 2. The molecule has 1 aliphatic heterocycles. The molecular formula is C43H36N2. The fraction of sp³-hybridized carbons (Fsp3) is 0.0930. The first-order valence-corrected chi connectivity index (χ1v) is 15.9. The topological polar surface area (TPSA) is 16.1 Å². The second-order valence-corrected chi connectivity index (χ2v) is 11.1. The quantitative estimate of drug-likeness (QED) is 0.206. The summed E-state index contributed by atoms with van der Waals surface area (Å²) in [6, 6.07) is 48.1. The van der Waals surface area contributed by atoms with E-state index in [1.165, 1.54) is 50.1 Å². The molecule has 0 radical (unpaired) electrons. The molecule has 6 aromatic rings. The van der Waals surface area contributed by atoms with Crippen LogP contribution in [0.3, 0.4) is 0 Å². The summed E-state index contributed by atoms with van der Waals surface area (Å²) in [6.45, 7) is 4.00. The largest absolute Gasteiger partial charge is 0.294 e. The number of pyridine rings is 1. The number of benzene rings is 5. The number of rotatable bonds is 4. The minimum absolute atomic E-state index is 0.900. The average Bonchev–Trinajstić information content (AvgIpc) is 3.26. The van der Waals surface area contributed by atoms with Gasteiger partial charge in [0.15, 0.2) is 0 Å². The molecular weight excluding hydrogens is 544 g/mol. The Labute approximate surface area is 266 Å². The number of fused-ring (bicyclic) bond motifs is 5. The Morgan fingerprint density at radius 2 is 1.07 bits per heavy atom. The molecule has 2 aliphatic rings. The van der Waals surface area contributed by atoms with Crippen molar-refractivity contribution in [2.75, 3.05) is 4.90 Å². The van der Waals surface area contributed by atoms with Gasteiger partial charge in [-0.05, 0) is 99.8 Å². The lowest BCUT2D eigenvalue weighted by molar-refractivity contribution is 1.05. The Hall–Kier alpha value is -5.47. The summed E-state index contributed by atoms with van der Waals surface area (Å²) in [7, 11) is 0. The number of aromatic nitrogens is 1. The molecule has 218 valence electrons. The predicted molar refractivity (Wildman–Crippen MR) is 192 cm³/mol. The van der Waals surface area contributed by atoms with E-state index in [-0.39, 0.29) is 0 Å². The van der Waals surface area contributed by atoms with Crippen LogP contribution >= 0.6 is 0 Å². The Morgan fingerprint density at radius 1 is 0.511 bits per heavy atom. The molecule has 2 heteroatoms. The predicted octanol–water partition coefficient (Wildman–Crippen LogP) is 12.3. The number of anilines is 3. The number of nitrogens with zero attached hydrogens (tertiary/aromatic N) is 2. The fourth-order valence-corrected chi connectivity index (χ4v) is 6.46. The Morgan fingerprint density at radius 3 is 1.69 bits per heavy atom. The SMILES string of the molecule is C1=CCCC(c2cc(-c3ccccc3)cc(-c3ccnc(N4c5ccccc5-c5ccccc5-c5ccccc54)c3)c2)=C1.CC. The van der Waals surface area contributed by atoms with Crippen LogP contribution in [0.25, 0.3) is 50.1 Å². The highest BCUT2D eigenvalue weighted by atomic mass is 15.2. The third-order valence-electron chi connectivity index (χ3n) is 8.53. The van der Waals surface area contributed by atoms with Gasteiger partial charge in [-0.1, -0.05) is 123 Å². The van der Waals surface area contributed by atoms with Crippen molar-refractivity contribution in [3.63, 3.8) is 0 Å².